The number of nitrogens with one attached hydrogen (secondary N) is 1. The molecule has 0 amide bonds. The molecule has 26 heavy (non-hydrogen) atoms. The van der Waals surface area contributed by atoms with E-state index in [1.165, 1.54) is 10.7 Å². The zero-order chi connectivity index (χ0) is 19.2. The van der Waals surface area contributed by atoms with Crippen LogP contribution in [0.3, 0.4) is 0 Å². The molecule has 2 heterocycles. The Morgan fingerprint density at radius 2 is 2.08 bits per heavy atom. The number of aryl methyl sites for hydroxylation is 1. The molecule has 1 aromatic carbocycles. The number of nitrogens with zero attached hydrogens (tertiary/aromatic N) is 3. The van der Waals surface area contributed by atoms with E-state index < -0.39 is 29.9 Å². The van der Waals surface area contributed by atoms with Crippen molar-refractivity contribution in [3.63, 3.8) is 0 Å². The second-order valence-electron chi connectivity index (χ2n) is 5.81. The zero-order valence-electron chi connectivity index (χ0n) is 13.7. The first-order valence-electron chi connectivity index (χ1n) is 7.59. The van der Waals surface area contributed by atoms with Crippen molar-refractivity contribution in [3.05, 3.63) is 54.8 Å². The van der Waals surface area contributed by atoms with E-state index in [1.807, 2.05) is 22.6 Å². The van der Waals surface area contributed by atoms with E-state index in [0.717, 1.165) is 12.1 Å². The van der Waals surface area contributed by atoms with Crippen LogP contribution in [0.25, 0.3) is 11.0 Å². The summed E-state index contributed by atoms with van der Waals surface area (Å²) in [6, 6.07) is 2.98. The van der Waals surface area contributed by atoms with Gasteiger partial charge in [0, 0.05) is 3.57 Å². The van der Waals surface area contributed by atoms with Crippen molar-refractivity contribution in [3.8, 4) is 0 Å². The monoisotopic (exact) mass is 478 g/mol. The van der Waals surface area contributed by atoms with Crippen LogP contribution in [-0.2, 0) is 12.8 Å². The van der Waals surface area contributed by atoms with Gasteiger partial charge in [-0.25, -0.2) is 9.67 Å². The van der Waals surface area contributed by atoms with Crippen LogP contribution in [0, 0.1) is 10.5 Å². The summed E-state index contributed by atoms with van der Waals surface area (Å²) in [6.07, 6.45) is -4.42. The molecule has 138 valence electrons. The number of aromatic nitrogens is 4. The van der Waals surface area contributed by atoms with E-state index in [2.05, 4.69) is 15.1 Å². The normalized spacial score (nSPS) is 13.3. The van der Waals surface area contributed by atoms with Crippen molar-refractivity contribution >= 4 is 33.6 Å². The van der Waals surface area contributed by atoms with Crippen molar-refractivity contribution in [2.45, 2.75) is 32.7 Å². The lowest BCUT2D eigenvalue weighted by atomic mass is 10.1. The van der Waals surface area contributed by atoms with Crippen molar-refractivity contribution < 1.29 is 18.3 Å². The highest BCUT2D eigenvalue weighted by atomic mass is 127. The molecule has 3 aromatic rings. The van der Waals surface area contributed by atoms with Crippen LogP contribution >= 0.6 is 22.6 Å². The van der Waals surface area contributed by atoms with Gasteiger partial charge in [-0.2, -0.15) is 18.3 Å². The largest absolute Gasteiger partial charge is 0.416 e. The van der Waals surface area contributed by atoms with Gasteiger partial charge in [0.2, 0.25) is 0 Å². The SMILES string of the molecule is Cc1nc2c(c(CO)nn2[C@@H](C)c2ccc(C(F)(F)F)cc2I)c(=O)[nH]1. The van der Waals surface area contributed by atoms with Crippen LogP contribution in [0.15, 0.2) is 23.0 Å². The zero-order valence-corrected chi connectivity index (χ0v) is 15.9. The standard InChI is InChI=1S/C16H14F3IN4O2/c1-7(10-4-3-9(5-11(10)20)16(17,18)19)24-14-13(12(6-25)23-24)15(26)22-8(2)21-14/h3-5,7,25H,6H2,1-2H3,(H,21,22,26)/t7-/m0/s1. The number of alkyl halides is 3. The number of halogens is 4. The van der Waals surface area contributed by atoms with Crippen molar-refractivity contribution in [2.24, 2.45) is 0 Å². The molecule has 2 N–H and O–H groups in total. The first-order chi connectivity index (χ1) is 12.1. The van der Waals surface area contributed by atoms with Gasteiger partial charge in [-0.15, -0.1) is 0 Å². The molecule has 0 saturated heterocycles. The lowest BCUT2D eigenvalue weighted by molar-refractivity contribution is -0.137. The number of hydrogen-bond donors (Lipinski definition) is 2. The maximum absolute atomic E-state index is 12.9. The summed E-state index contributed by atoms with van der Waals surface area (Å²) in [5, 5.41) is 13.9. The number of aromatic amines is 1. The molecule has 0 aliphatic carbocycles. The molecule has 0 bridgehead atoms. The quantitative estimate of drug-likeness (QED) is 0.567. The second-order valence-corrected chi connectivity index (χ2v) is 6.97. The Hall–Kier alpha value is -1.95. The van der Waals surface area contributed by atoms with Crippen LogP contribution in [0.5, 0.6) is 0 Å². The van der Waals surface area contributed by atoms with Crippen LogP contribution in [0.2, 0.25) is 0 Å². The topological polar surface area (TPSA) is 83.8 Å². The van der Waals surface area contributed by atoms with Gasteiger partial charge in [-0.05, 0) is 54.1 Å². The molecule has 10 heteroatoms. The Kier molecular flexibility index (Phi) is 4.82. The second kappa shape index (κ2) is 6.65. The average Bonchev–Trinajstić information content (AvgIpc) is 2.92. The van der Waals surface area contributed by atoms with Gasteiger partial charge >= 0.3 is 6.18 Å². The molecule has 6 nitrogen and oxygen atoms in total. The highest BCUT2D eigenvalue weighted by molar-refractivity contribution is 14.1. The van der Waals surface area contributed by atoms with Crippen molar-refractivity contribution in [2.75, 3.05) is 0 Å². The Morgan fingerprint density at radius 1 is 1.38 bits per heavy atom. The molecular formula is C16H14F3IN4O2. The minimum atomic E-state index is -4.42. The molecule has 0 fully saturated rings. The fourth-order valence-corrected chi connectivity index (χ4v) is 3.75. The number of H-pyrrole nitrogens is 1. The molecular weight excluding hydrogens is 464 g/mol. The molecule has 3 rings (SSSR count). The summed E-state index contributed by atoms with van der Waals surface area (Å²) in [6.45, 7) is 2.91. The van der Waals surface area contributed by atoms with Gasteiger partial charge in [0.05, 0.1) is 18.2 Å². The van der Waals surface area contributed by atoms with Gasteiger partial charge in [0.25, 0.3) is 5.56 Å². The lowest BCUT2D eigenvalue weighted by Gasteiger charge is -2.17. The third-order valence-corrected chi connectivity index (χ3v) is 4.98. The Balaban J connectivity index is 2.17. The third kappa shape index (κ3) is 3.22. The number of hydrogen-bond acceptors (Lipinski definition) is 4. The molecule has 0 spiro atoms. The summed E-state index contributed by atoms with van der Waals surface area (Å²) in [5.41, 5.74) is -0.102. The predicted molar refractivity (Wildman–Crippen MR) is 96.8 cm³/mol. The summed E-state index contributed by atoms with van der Waals surface area (Å²) >= 11 is 1.84. The summed E-state index contributed by atoms with van der Waals surface area (Å²) in [4.78, 5) is 19.0. The molecule has 0 radical (unpaired) electrons. The van der Waals surface area contributed by atoms with Crippen molar-refractivity contribution in [1.29, 1.82) is 0 Å². The average molecular weight is 478 g/mol. The van der Waals surface area contributed by atoms with Gasteiger partial charge in [-0.1, -0.05) is 6.07 Å². The highest BCUT2D eigenvalue weighted by Gasteiger charge is 2.31. The van der Waals surface area contributed by atoms with Crippen LogP contribution in [0.1, 0.15) is 35.6 Å². The summed E-state index contributed by atoms with van der Waals surface area (Å²) in [5.74, 6) is 0.377. The number of aliphatic hydroxyl groups excluding tert-OH is 1. The van der Waals surface area contributed by atoms with E-state index in [1.54, 1.807) is 13.8 Å². The molecule has 1 atom stereocenters. The number of benzene rings is 1. The minimum absolute atomic E-state index is 0.169. The molecule has 0 aliphatic heterocycles. The van der Waals surface area contributed by atoms with Gasteiger partial charge in [-0.3, -0.25) is 4.79 Å². The molecule has 2 aromatic heterocycles. The maximum atomic E-state index is 12.9. The summed E-state index contributed by atoms with van der Waals surface area (Å²) in [7, 11) is 0. The van der Waals surface area contributed by atoms with E-state index >= 15 is 0 Å². The van der Waals surface area contributed by atoms with Gasteiger partial charge < -0.3 is 10.1 Å². The van der Waals surface area contributed by atoms with Gasteiger partial charge in [0.1, 0.15) is 16.9 Å². The summed E-state index contributed by atoms with van der Waals surface area (Å²) < 4.78 is 40.5. The highest BCUT2D eigenvalue weighted by Crippen LogP contribution is 2.33. The fourth-order valence-electron chi connectivity index (χ4n) is 2.78. The lowest BCUT2D eigenvalue weighted by Crippen LogP contribution is -2.14. The van der Waals surface area contributed by atoms with Crippen LogP contribution < -0.4 is 5.56 Å². The Labute approximate surface area is 159 Å². The van der Waals surface area contributed by atoms with E-state index in [9.17, 15) is 23.1 Å². The minimum Gasteiger partial charge on any atom is -0.390 e. The first-order valence-corrected chi connectivity index (χ1v) is 8.67. The number of rotatable bonds is 3. The predicted octanol–water partition coefficient (Wildman–Crippen LogP) is 3.15. The maximum Gasteiger partial charge on any atom is 0.416 e. The molecule has 0 aliphatic rings. The smallest absolute Gasteiger partial charge is 0.390 e. The number of aliphatic hydroxyl groups is 1. The van der Waals surface area contributed by atoms with Crippen LogP contribution in [0.4, 0.5) is 13.2 Å². The Morgan fingerprint density at radius 3 is 2.65 bits per heavy atom. The number of fused-ring (bicyclic) bond motifs is 1. The molecule has 0 saturated carbocycles. The molecule has 0 unspecified atom stereocenters. The van der Waals surface area contributed by atoms with Gasteiger partial charge in [0.15, 0.2) is 5.65 Å². The first kappa shape index (κ1) is 18.8. The van der Waals surface area contributed by atoms with E-state index in [0.29, 0.717) is 15.0 Å². The van der Waals surface area contributed by atoms with Crippen molar-refractivity contribution in [1.82, 2.24) is 19.7 Å². The third-order valence-electron chi connectivity index (χ3n) is 4.05. The Bertz CT molecular complexity index is 1040. The van der Waals surface area contributed by atoms with Crippen LogP contribution in [-0.4, -0.2) is 24.9 Å². The van der Waals surface area contributed by atoms with E-state index in [4.69, 9.17) is 0 Å². The van der Waals surface area contributed by atoms with E-state index in [-0.39, 0.29) is 16.7 Å². The fraction of sp³-hybridized carbons (Fsp3) is 0.312.